The molecule has 1 aliphatic heterocycles. The van der Waals surface area contributed by atoms with Crippen LogP contribution in [0.4, 0.5) is 5.69 Å². The van der Waals surface area contributed by atoms with Gasteiger partial charge in [-0.1, -0.05) is 39.0 Å². The third kappa shape index (κ3) is 2.32. The first kappa shape index (κ1) is 14.8. The third-order valence-corrected chi connectivity index (χ3v) is 4.29. The topological polar surface area (TPSA) is 38.1 Å². The van der Waals surface area contributed by atoms with Gasteiger partial charge in [-0.3, -0.25) is 9.48 Å². The molecule has 0 saturated carbocycles. The number of para-hydroxylation sites is 1. The summed E-state index contributed by atoms with van der Waals surface area (Å²) < 4.78 is 1.70. The molecular weight excluding hydrogens is 274 g/mol. The maximum atomic E-state index is 13.0. The number of rotatable bonds is 1. The van der Waals surface area contributed by atoms with Gasteiger partial charge in [-0.05, 0) is 31.0 Å². The van der Waals surface area contributed by atoms with E-state index in [9.17, 15) is 4.79 Å². The number of hydrogen-bond acceptors (Lipinski definition) is 2. The number of fused-ring (bicyclic) bond motifs is 1. The molecule has 1 atom stereocenters. The van der Waals surface area contributed by atoms with Crippen molar-refractivity contribution in [2.75, 3.05) is 4.90 Å². The second kappa shape index (κ2) is 4.97. The summed E-state index contributed by atoms with van der Waals surface area (Å²) >= 11 is 0. The molecule has 2 heterocycles. The first-order valence-corrected chi connectivity index (χ1v) is 7.75. The van der Waals surface area contributed by atoms with Crippen LogP contribution in [0.2, 0.25) is 0 Å². The van der Waals surface area contributed by atoms with Crippen molar-refractivity contribution in [1.29, 1.82) is 0 Å². The minimum atomic E-state index is -0.0647. The van der Waals surface area contributed by atoms with E-state index in [1.807, 2.05) is 36.2 Å². The summed E-state index contributed by atoms with van der Waals surface area (Å²) in [6.45, 7) is 8.42. The number of amides is 1. The highest BCUT2D eigenvalue weighted by Crippen LogP contribution is 2.33. The van der Waals surface area contributed by atoms with Gasteiger partial charge in [0.2, 0.25) is 0 Å². The molecule has 3 rings (SSSR count). The molecule has 22 heavy (non-hydrogen) atoms. The summed E-state index contributed by atoms with van der Waals surface area (Å²) in [6.07, 6.45) is 0.909. The lowest BCUT2D eigenvalue weighted by molar-refractivity contribution is 0.0972. The third-order valence-electron chi connectivity index (χ3n) is 4.29. The van der Waals surface area contributed by atoms with Crippen molar-refractivity contribution in [3.63, 3.8) is 0 Å². The Hall–Kier alpha value is -2.10. The Balaban J connectivity index is 2.00. The minimum Gasteiger partial charge on any atom is -0.304 e. The van der Waals surface area contributed by atoms with Gasteiger partial charge in [-0.25, -0.2) is 0 Å². The maximum Gasteiger partial charge on any atom is 0.276 e. The van der Waals surface area contributed by atoms with E-state index in [0.717, 1.165) is 17.8 Å². The molecule has 0 N–H and O–H groups in total. The number of hydrogen-bond donors (Lipinski definition) is 0. The van der Waals surface area contributed by atoms with Crippen LogP contribution in [0.5, 0.6) is 0 Å². The number of anilines is 1. The van der Waals surface area contributed by atoms with E-state index in [1.54, 1.807) is 4.68 Å². The Bertz CT molecular complexity index is 724. The lowest BCUT2D eigenvalue weighted by Gasteiger charge is -2.22. The van der Waals surface area contributed by atoms with Crippen molar-refractivity contribution in [3.05, 3.63) is 47.3 Å². The predicted molar refractivity (Wildman–Crippen MR) is 88.3 cm³/mol. The summed E-state index contributed by atoms with van der Waals surface area (Å²) in [5.74, 6) is 0.0305. The predicted octanol–water partition coefficient (Wildman–Crippen LogP) is 3.31. The van der Waals surface area contributed by atoms with Gasteiger partial charge in [0, 0.05) is 24.2 Å². The smallest absolute Gasteiger partial charge is 0.276 e. The number of carbonyl (C=O) groups is 1. The Morgan fingerprint density at radius 3 is 2.59 bits per heavy atom. The van der Waals surface area contributed by atoms with Crippen LogP contribution >= 0.6 is 0 Å². The van der Waals surface area contributed by atoms with Crippen molar-refractivity contribution in [2.24, 2.45) is 7.05 Å². The van der Waals surface area contributed by atoms with Crippen LogP contribution in [0.1, 0.15) is 49.4 Å². The van der Waals surface area contributed by atoms with Crippen molar-refractivity contribution >= 4 is 11.6 Å². The van der Waals surface area contributed by atoms with Crippen LogP contribution in [-0.4, -0.2) is 21.7 Å². The highest BCUT2D eigenvalue weighted by Gasteiger charge is 2.33. The molecule has 4 heteroatoms. The van der Waals surface area contributed by atoms with Crippen LogP contribution in [0.3, 0.4) is 0 Å². The highest BCUT2D eigenvalue weighted by molar-refractivity contribution is 6.06. The highest BCUT2D eigenvalue weighted by atomic mass is 16.2. The first-order valence-electron chi connectivity index (χ1n) is 7.75. The summed E-state index contributed by atoms with van der Waals surface area (Å²) in [4.78, 5) is 14.9. The van der Waals surface area contributed by atoms with E-state index >= 15 is 0 Å². The van der Waals surface area contributed by atoms with Gasteiger partial charge < -0.3 is 4.90 Å². The Morgan fingerprint density at radius 2 is 1.95 bits per heavy atom. The van der Waals surface area contributed by atoms with Gasteiger partial charge in [-0.15, -0.1) is 0 Å². The fourth-order valence-corrected chi connectivity index (χ4v) is 3.03. The molecule has 1 amide bonds. The van der Waals surface area contributed by atoms with Gasteiger partial charge in [0.25, 0.3) is 5.91 Å². The van der Waals surface area contributed by atoms with Gasteiger partial charge in [0.05, 0.1) is 5.69 Å². The summed E-state index contributed by atoms with van der Waals surface area (Å²) in [7, 11) is 1.84. The van der Waals surface area contributed by atoms with E-state index in [4.69, 9.17) is 0 Å². The van der Waals surface area contributed by atoms with Crippen LogP contribution in [0.15, 0.2) is 30.3 Å². The molecule has 1 aromatic heterocycles. The zero-order chi connectivity index (χ0) is 16.1. The molecule has 0 radical (unpaired) electrons. The molecule has 0 saturated heterocycles. The molecule has 0 bridgehead atoms. The van der Waals surface area contributed by atoms with Crippen LogP contribution in [0, 0.1) is 0 Å². The van der Waals surface area contributed by atoms with Gasteiger partial charge in [0.15, 0.2) is 0 Å². The largest absolute Gasteiger partial charge is 0.304 e. The van der Waals surface area contributed by atoms with Gasteiger partial charge in [-0.2, -0.15) is 5.10 Å². The van der Waals surface area contributed by atoms with Crippen molar-refractivity contribution in [1.82, 2.24) is 9.78 Å². The maximum absolute atomic E-state index is 13.0. The molecule has 116 valence electrons. The van der Waals surface area contributed by atoms with Crippen molar-refractivity contribution < 1.29 is 4.79 Å². The van der Waals surface area contributed by atoms with E-state index in [-0.39, 0.29) is 17.4 Å². The normalized spacial score (nSPS) is 17.7. The monoisotopic (exact) mass is 297 g/mol. The standard InChI is InChI=1S/C18H23N3O/c1-12-10-13-8-6-7-9-14(13)21(12)17(22)15-11-16(18(2,3)4)19-20(15)5/h6-9,11-12H,10H2,1-5H3. The molecule has 1 aliphatic rings. The minimum absolute atomic E-state index is 0.0305. The summed E-state index contributed by atoms with van der Waals surface area (Å²) in [5.41, 5.74) is 3.79. The van der Waals surface area contributed by atoms with Crippen LogP contribution in [-0.2, 0) is 18.9 Å². The molecule has 1 aromatic carbocycles. The molecule has 0 fully saturated rings. The van der Waals surface area contributed by atoms with Gasteiger partial charge in [0.1, 0.15) is 5.69 Å². The number of aromatic nitrogens is 2. The Kier molecular flexibility index (Phi) is 3.35. The quantitative estimate of drug-likeness (QED) is 0.810. The molecule has 0 aliphatic carbocycles. The molecule has 0 spiro atoms. The van der Waals surface area contributed by atoms with E-state index in [2.05, 4.69) is 38.9 Å². The lowest BCUT2D eigenvalue weighted by Crippen LogP contribution is -2.36. The molecule has 1 unspecified atom stereocenters. The SMILES string of the molecule is CC1Cc2ccccc2N1C(=O)c1cc(C(C)(C)C)nn1C. The summed E-state index contributed by atoms with van der Waals surface area (Å²) in [6, 6.07) is 10.2. The van der Waals surface area contributed by atoms with E-state index < -0.39 is 0 Å². The second-order valence-corrected chi connectivity index (χ2v) is 7.15. The Morgan fingerprint density at radius 1 is 1.27 bits per heavy atom. The van der Waals surface area contributed by atoms with Crippen molar-refractivity contribution in [2.45, 2.75) is 45.6 Å². The fraction of sp³-hybridized carbons (Fsp3) is 0.444. The van der Waals surface area contributed by atoms with Gasteiger partial charge >= 0.3 is 0 Å². The zero-order valence-electron chi connectivity index (χ0n) is 13.9. The second-order valence-electron chi connectivity index (χ2n) is 7.15. The van der Waals surface area contributed by atoms with Crippen molar-refractivity contribution in [3.8, 4) is 0 Å². The molecule has 4 nitrogen and oxygen atoms in total. The molecule has 2 aromatic rings. The number of nitrogens with zero attached hydrogens (tertiary/aromatic N) is 3. The zero-order valence-corrected chi connectivity index (χ0v) is 13.9. The first-order chi connectivity index (χ1) is 10.3. The summed E-state index contributed by atoms with van der Waals surface area (Å²) in [5, 5.41) is 4.52. The molecular formula is C18H23N3O. The average molecular weight is 297 g/mol. The van der Waals surface area contributed by atoms with E-state index in [0.29, 0.717) is 5.69 Å². The van der Waals surface area contributed by atoms with Crippen LogP contribution < -0.4 is 4.90 Å². The number of aryl methyl sites for hydroxylation is 1. The fourth-order valence-electron chi connectivity index (χ4n) is 3.03. The Labute approximate surface area is 131 Å². The number of benzene rings is 1. The van der Waals surface area contributed by atoms with E-state index in [1.165, 1.54) is 5.56 Å². The number of carbonyl (C=O) groups excluding carboxylic acids is 1. The lowest BCUT2D eigenvalue weighted by atomic mass is 9.92. The average Bonchev–Trinajstić information content (AvgIpc) is 2.97. The van der Waals surface area contributed by atoms with Crippen LogP contribution in [0.25, 0.3) is 0 Å².